The van der Waals surface area contributed by atoms with Gasteiger partial charge in [0.05, 0.1) is 6.20 Å². The Balaban J connectivity index is 2.02. The average Bonchev–Trinajstić information content (AvgIpc) is 2.69. The highest BCUT2D eigenvalue weighted by atomic mass is 32.2. The predicted octanol–water partition coefficient (Wildman–Crippen LogP) is 2.67. The van der Waals surface area contributed by atoms with Gasteiger partial charge in [-0.1, -0.05) is 17.3 Å². The van der Waals surface area contributed by atoms with E-state index in [0.717, 1.165) is 16.2 Å². The monoisotopic (exact) mass is 207 g/mol. The second-order valence-electron chi connectivity index (χ2n) is 2.79. The number of para-hydroxylation sites is 1. The molecule has 14 heavy (non-hydrogen) atoms. The lowest BCUT2D eigenvalue weighted by molar-refractivity contribution is 0.419. The standard InChI is InChI=1S/C10H9NO2S/c12-9-3-1-2-4-10(9)14-7-8-5-11-13-6-8/h1-6,12H,7H2. The summed E-state index contributed by atoms with van der Waals surface area (Å²) in [5.74, 6) is 1.06. The molecular weight excluding hydrogens is 198 g/mol. The Morgan fingerprint density at radius 3 is 2.93 bits per heavy atom. The van der Waals surface area contributed by atoms with E-state index in [1.807, 2.05) is 12.1 Å². The molecule has 0 amide bonds. The van der Waals surface area contributed by atoms with E-state index < -0.39 is 0 Å². The molecule has 0 saturated carbocycles. The molecule has 0 atom stereocenters. The third-order valence-electron chi connectivity index (χ3n) is 1.74. The number of phenols is 1. The zero-order valence-corrected chi connectivity index (χ0v) is 8.20. The molecule has 0 bridgehead atoms. The molecule has 72 valence electrons. The van der Waals surface area contributed by atoms with E-state index in [1.165, 1.54) is 0 Å². The van der Waals surface area contributed by atoms with E-state index in [4.69, 9.17) is 4.52 Å². The molecule has 0 aliphatic rings. The SMILES string of the molecule is Oc1ccccc1SCc1cnoc1. The lowest BCUT2D eigenvalue weighted by atomic mass is 10.3. The lowest BCUT2D eigenvalue weighted by Gasteiger charge is -2.01. The minimum absolute atomic E-state index is 0.314. The van der Waals surface area contributed by atoms with Crippen LogP contribution in [0.4, 0.5) is 0 Å². The number of phenolic OH excluding ortho intramolecular Hbond substituents is 1. The molecule has 0 saturated heterocycles. The zero-order chi connectivity index (χ0) is 9.80. The number of thioether (sulfide) groups is 1. The van der Waals surface area contributed by atoms with Crippen LogP contribution in [-0.2, 0) is 5.75 Å². The summed E-state index contributed by atoms with van der Waals surface area (Å²) in [5.41, 5.74) is 1.01. The van der Waals surface area contributed by atoms with Crippen LogP contribution in [0.15, 0.2) is 46.1 Å². The van der Waals surface area contributed by atoms with Crippen LogP contribution in [0.2, 0.25) is 0 Å². The second kappa shape index (κ2) is 4.19. The first kappa shape index (κ1) is 9.15. The van der Waals surface area contributed by atoms with Crippen molar-refractivity contribution in [2.24, 2.45) is 0 Å². The molecule has 4 heteroatoms. The number of aromatic nitrogens is 1. The molecule has 0 fully saturated rings. The summed E-state index contributed by atoms with van der Waals surface area (Å²) in [4.78, 5) is 0.869. The minimum atomic E-state index is 0.314. The Bertz CT molecular complexity index is 400. The number of aromatic hydroxyl groups is 1. The van der Waals surface area contributed by atoms with Crippen LogP contribution < -0.4 is 0 Å². The van der Waals surface area contributed by atoms with E-state index in [9.17, 15) is 5.11 Å². The molecule has 1 aromatic carbocycles. The Morgan fingerprint density at radius 2 is 2.21 bits per heavy atom. The highest BCUT2D eigenvalue weighted by Gasteiger charge is 2.01. The Hall–Kier alpha value is -1.42. The fourth-order valence-corrected chi connectivity index (χ4v) is 1.89. The smallest absolute Gasteiger partial charge is 0.129 e. The van der Waals surface area contributed by atoms with Crippen molar-refractivity contribution in [3.8, 4) is 5.75 Å². The first-order valence-corrected chi connectivity index (χ1v) is 5.14. The highest BCUT2D eigenvalue weighted by molar-refractivity contribution is 7.98. The van der Waals surface area contributed by atoms with Gasteiger partial charge in [-0.25, -0.2) is 0 Å². The summed E-state index contributed by atoms with van der Waals surface area (Å²) in [6, 6.07) is 7.26. The van der Waals surface area contributed by atoms with Gasteiger partial charge in [0.2, 0.25) is 0 Å². The summed E-state index contributed by atoms with van der Waals surface area (Å²) < 4.78 is 4.71. The van der Waals surface area contributed by atoms with Crippen molar-refractivity contribution in [1.82, 2.24) is 5.16 Å². The molecule has 0 spiro atoms. The van der Waals surface area contributed by atoms with Gasteiger partial charge in [-0.2, -0.15) is 0 Å². The first-order chi connectivity index (χ1) is 6.86. The topological polar surface area (TPSA) is 46.3 Å². The molecule has 0 aliphatic carbocycles. The Labute approximate surface area is 85.7 Å². The van der Waals surface area contributed by atoms with E-state index in [-0.39, 0.29) is 0 Å². The van der Waals surface area contributed by atoms with E-state index in [2.05, 4.69) is 5.16 Å². The number of hydrogen-bond donors (Lipinski definition) is 1. The summed E-state index contributed by atoms with van der Waals surface area (Å²) >= 11 is 1.55. The highest BCUT2D eigenvalue weighted by Crippen LogP contribution is 2.29. The van der Waals surface area contributed by atoms with Crippen molar-refractivity contribution < 1.29 is 9.63 Å². The van der Waals surface area contributed by atoms with Gasteiger partial charge in [-0.3, -0.25) is 0 Å². The molecule has 3 nitrogen and oxygen atoms in total. The number of hydrogen-bond acceptors (Lipinski definition) is 4. The number of benzene rings is 1. The summed E-state index contributed by atoms with van der Waals surface area (Å²) in [5, 5.41) is 13.1. The van der Waals surface area contributed by atoms with Crippen molar-refractivity contribution in [3.63, 3.8) is 0 Å². The fraction of sp³-hybridized carbons (Fsp3) is 0.100. The fourth-order valence-electron chi connectivity index (χ4n) is 1.04. The quantitative estimate of drug-likeness (QED) is 0.786. The van der Waals surface area contributed by atoms with Crippen LogP contribution >= 0.6 is 11.8 Å². The van der Waals surface area contributed by atoms with Gasteiger partial charge in [0.15, 0.2) is 0 Å². The van der Waals surface area contributed by atoms with Crippen molar-refractivity contribution in [1.29, 1.82) is 0 Å². The van der Waals surface area contributed by atoms with Crippen LogP contribution in [0.25, 0.3) is 0 Å². The molecule has 0 unspecified atom stereocenters. The third kappa shape index (κ3) is 2.09. The molecule has 0 aliphatic heterocycles. The first-order valence-electron chi connectivity index (χ1n) is 4.15. The average molecular weight is 207 g/mol. The molecule has 0 radical (unpaired) electrons. The zero-order valence-electron chi connectivity index (χ0n) is 7.38. The van der Waals surface area contributed by atoms with Gasteiger partial charge < -0.3 is 9.63 Å². The van der Waals surface area contributed by atoms with E-state index in [0.29, 0.717) is 5.75 Å². The number of nitrogens with zero attached hydrogens (tertiary/aromatic N) is 1. The van der Waals surface area contributed by atoms with Gasteiger partial charge in [0.1, 0.15) is 12.0 Å². The van der Waals surface area contributed by atoms with Crippen LogP contribution in [0, 0.1) is 0 Å². The minimum Gasteiger partial charge on any atom is -0.507 e. The second-order valence-corrected chi connectivity index (χ2v) is 3.81. The molecule has 2 rings (SSSR count). The summed E-state index contributed by atoms with van der Waals surface area (Å²) in [6.45, 7) is 0. The molecule has 2 aromatic rings. The van der Waals surface area contributed by atoms with Crippen molar-refractivity contribution >= 4 is 11.8 Å². The lowest BCUT2D eigenvalue weighted by Crippen LogP contribution is -1.76. The Kier molecular flexibility index (Phi) is 2.74. The predicted molar refractivity (Wildman–Crippen MR) is 54.2 cm³/mol. The largest absolute Gasteiger partial charge is 0.507 e. The molecule has 1 aromatic heterocycles. The van der Waals surface area contributed by atoms with Gasteiger partial charge in [0, 0.05) is 16.2 Å². The number of rotatable bonds is 3. The van der Waals surface area contributed by atoms with E-state index in [1.54, 1.807) is 36.4 Å². The maximum atomic E-state index is 9.48. The maximum Gasteiger partial charge on any atom is 0.129 e. The molecule has 1 heterocycles. The van der Waals surface area contributed by atoms with Gasteiger partial charge in [0.25, 0.3) is 0 Å². The third-order valence-corrected chi connectivity index (χ3v) is 2.88. The normalized spacial score (nSPS) is 10.3. The van der Waals surface area contributed by atoms with Crippen LogP contribution in [0.3, 0.4) is 0 Å². The van der Waals surface area contributed by atoms with Crippen molar-refractivity contribution in [2.45, 2.75) is 10.6 Å². The maximum absolute atomic E-state index is 9.48. The van der Waals surface area contributed by atoms with E-state index >= 15 is 0 Å². The molecule has 1 N–H and O–H groups in total. The summed E-state index contributed by atoms with van der Waals surface area (Å²) in [6.07, 6.45) is 3.28. The van der Waals surface area contributed by atoms with Gasteiger partial charge in [-0.05, 0) is 12.1 Å². The van der Waals surface area contributed by atoms with Gasteiger partial charge in [-0.15, -0.1) is 11.8 Å². The molecular formula is C10H9NO2S. The van der Waals surface area contributed by atoms with Crippen LogP contribution in [-0.4, -0.2) is 10.3 Å². The van der Waals surface area contributed by atoms with Crippen molar-refractivity contribution in [3.05, 3.63) is 42.3 Å². The Morgan fingerprint density at radius 1 is 1.36 bits per heavy atom. The van der Waals surface area contributed by atoms with Crippen LogP contribution in [0.1, 0.15) is 5.56 Å². The van der Waals surface area contributed by atoms with Crippen molar-refractivity contribution in [2.75, 3.05) is 0 Å². The van der Waals surface area contributed by atoms with Crippen LogP contribution in [0.5, 0.6) is 5.75 Å². The summed E-state index contributed by atoms with van der Waals surface area (Å²) in [7, 11) is 0. The van der Waals surface area contributed by atoms with Gasteiger partial charge >= 0.3 is 0 Å².